The van der Waals surface area contributed by atoms with Gasteiger partial charge in [-0.15, -0.1) is 0 Å². The van der Waals surface area contributed by atoms with Gasteiger partial charge < -0.3 is 15.1 Å². The Labute approximate surface area is 149 Å². The molecule has 2 atom stereocenters. The van der Waals surface area contributed by atoms with E-state index < -0.39 is 12.6 Å². The van der Waals surface area contributed by atoms with Crippen LogP contribution in [-0.2, 0) is 4.79 Å². The summed E-state index contributed by atoms with van der Waals surface area (Å²) in [6.45, 7) is 6.53. The number of carbonyl (C=O) groups is 1. The Balaban J connectivity index is 1.88. The standard InChI is InChI=1S/C18H32F3N3O/c1-3-23(4-2)9-10-24(8-7-18(19,20)21)17(25)13-14-11-15-5-6-16(12-14)22-15/h14-16,22H,3-13H2,1-2H3. The Bertz CT molecular complexity index is 414. The molecule has 2 saturated heterocycles. The van der Waals surface area contributed by atoms with E-state index in [0.29, 0.717) is 37.5 Å². The number of amides is 1. The second kappa shape index (κ2) is 9.21. The molecule has 1 N–H and O–H groups in total. The summed E-state index contributed by atoms with van der Waals surface area (Å²) in [6.07, 6.45) is -0.470. The Morgan fingerprint density at radius 3 is 2.16 bits per heavy atom. The van der Waals surface area contributed by atoms with E-state index >= 15 is 0 Å². The SMILES string of the molecule is CCN(CC)CCN(CCC(F)(F)F)C(=O)CC1CC2CCC(C1)N2. The maximum atomic E-state index is 12.7. The second-order valence-corrected chi connectivity index (χ2v) is 7.45. The van der Waals surface area contributed by atoms with Crippen LogP contribution in [0.5, 0.6) is 0 Å². The lowest BCUT2D eigenvalue weighted by Crippen LogP contribution is -2.43. The monoisotopic (exact) mass is 363 g/mol. The third kappa shape index (κ3) is 6.77. The minimum Gasteiger partial charge on any atom is -0.341 e. The van der Waals surface area contributed by atoms with Gasteiger partial charge in [-0.05, 0) is 44.7 Å². The lowest BCUT2D eigenvalue weighted by molar-refractivity contribution is -0.146. The zero-order chi connectivity index (χ0) is 18.4. The molecule has 2 rings (SSSR count). The van der Waals surface area contributed by atoms with Gasteiger partial charge in [0.05, 0.1) is 6.42 Å². The number of likely N-dealkylation sites (N-methyl/N-ethyl adjacent to an activating group) is 1. The van der Waals surface area contributed by atoms with Crippen LogP contribution >= 0.6 is 0 Å². The molecule has 2 fully saturated rings. The van der Waals surface area contributed by atoms with E-state index in [1.54, 1.807) is 0 Å². The molecule has 0 radical (unpaired) electrons. The van der Waals surface area contributed by atoms with Gasteiger partial charge in [0.2, 0.25) is 5.91 Å². The number of alkyl halides is 3. The highest BCUT2D eigenvalue weighted by atomic mass is 19.4. The van der Waals surface area contributed by atoms with Crippen molar-refractivity contribution in [3.05, 3.63) is 0 Å². The fourth-order valence-electron chi connectivity index (χ4n) is 4.14. The fourth-order valence-corrected chi connectivity index (χ4v) is 4.14. The van der Waals surface area contributed by atoms with E-state index in [9.17, 15) is 18.0 Å². The van der Waals surface area contributed by atoms with Crippen LogP contribution in [0.15, 0.2) is 0 Å². The van der Waals surface area contributed by atoms with Crippen molar-refractivity contribution in [1.82, 2.24) is 15.1 Å². The summed E-state index contributed by atoms with van der Waals surface area (Å²) in [5.74, 6) is 0.204. The van der Waals surface area contributed by atoms with E-state index in [0.717, 1.165) is 38.8 Å². The van der Waals surface area contributed by atoms with E-state index in [4.69, 9.17) is 0 Å². The maximum absolute atomic E-state index is 12.7. The van der Waals surface area contributed by atoms with Crippen molar-refractivity contribution in [2.75, 3.05) is 32.7 Å². The molecule has 1 amide bonds. The second-order valence-electron chi connectivity index (χ2n) is 7.45. The molecular formula is C18H32F3N3O. The molecule has 0 saturated carbocycles. The summed E-state index contributed by atoms with van der Waals surface area (Å²) in [5, 5.41) is 3.54. The average molecular weight is 363 g/mol. The third-order valence-electron chi connectivity index (χ3n) is 5.63. The van der Waals surface area contributed by atoms with Gasteiger partial charge in [-0.3, -0.25) is 4.79 Å². The van der Waals surface area contributed by atoms with Crippen molar-refractivity contribution < 1.29 is 18.0 Å². The number of rotatable bonds is 9. The lowest BCUT2D eigenvalue weighted by Gasteiger charge is -2.32. The van der Waals surface area contributed by atoms with Gasteiger partial charge >= 0.3 is 6.18 Å². The molecule has 25 heavy (non-hydrogen) atoms. The van der Waals surface area contributed by atoms with Gasteiger partial charge in [-0.2, -0.15) is 13.2 Å². The molecule has 7 heteroatoms. The molecule has 146 valence electrons. The predicted molar refractivity (Wildman–Crippen MR) is 92.3 cm³/mol. The number of nitrogens with one attached hydrogen (secondary N) is 1. The van der Waals surface area contributed by atoms with Crippen molar-refractivity contribution >= 4 is 5.91 Å². The zero-order valence-corrected chi connectivity index (χ0v) is 15.4. The molecule has 2 bridgehead atoms. The maximum Gasteiger partial charge on any atom is 0.390 e. The molecular weight excluding hydrogens is 331 g/mol. The van der Waals surface area contributed by atoms with Crippen molar-refractivity contribution in [3.8, 4) is 0 Å². The van der Waals surface area contributed by atoms with Crippen molar-refractivity contribution in [1.29, 1.82) is 0 Å². The number of carbonyl (C=O) groups excluding carboxylic acids is 1. The average Bonchev–Trinajstić information content (AvgIpc) is 2.88. The highest BCUT2D eigenvalue weighted by molar-refractivity contribution is 5.76. The Kier molecular flexibility index (Phi) is 7.55. The number of piperidine rings is 1. The van der Waals surface area contributed by atoms with Gasteiger partial charge in [-0.1, -0.05) is 13.8 Å². The highest BCUT2D eigenvalue weighted by Crippen LogP contribution is 2.33. The molecule has 4 nitrogen and oxygen atoms in total. The lowest BCUT2D eigenvalue weighted by atomic mass is 9.89. The van der Waals surface area contributed by atoms with Crippen molar-refractivity contribution in [2.45, 2.75) is 70.6 Å². The molecule has 0 aromatic carbocycles. The summed E-state index contributed by atoms with van der Waals surface area (Å²) in [6, 6.07) is 0.992. The number of halogens is 3. The third-order valence-corrected chi connectivity index (χ3v) is 5.63. The van der Waals surface area contributed by atoms with Crippen molar-refractivity contribution in [3.63, 3.8) is 0 Å². The molecule has 0 aliphatic carbocycles. The van der Waals surface area contributed by atoms with E-state index in [2.05, 4.69) is 10.2 Å². The van der Waals surface area contributed by atoms with Crippen LogP contribution in [0.25, 0.3) is 0 Å². The highest BCUT2D eigenvalue weighted by Gasteiger charge is 2.35. The predicted octanol–water partition coefficient (Wildman–Crippen LogP) is 3.03. The van der Waals surface area contributed by atoms with Gasteiger partial charge in [-0.25, -0.2) is 0 Å². The van der Waals surface area contributed by atoms with Crippen LogP contribution in [0.4, 0.5) is 13.2 Å². The Hall–Kier alpha value is -0.820. The number of nitrogens with zero attached hydrogens (tertiary/aromatic N) is 2. The van der Waals surface area contributed by atoms with E-state index in [-0.39, 0.29) is 12.5 Å². The molecule has 0 aromatic rings. The molecule has 2 aliphatic rings. The summed E-state index contributed by atoms with van der Waals surface area (Å²) < 4.78 is 37.9. The number of hydrogen-bond donors (Lipinski definition) is 1. The van der Waals surface area contributed by atoms with Crippen LogP contribution in [0, 0.1) is 5.92 Å². The Morgan fingerprint density at radius 1 is 1.04 bits per heavy atom. The van der Waals surface area contributed by atoms with Crippen LogP contribution in [0.3, 0.4) is 0 Å². The Morgan fingerprint density at radius 2 is 1.64 bits per heavy atom. The molecule has 0 spiro atoms. The summed E-state index contributed by atoms with van der Waals surface area (Å²) >= 11 is 0. The topological polar surface area (TPSA) is 35.6 Å². The van der Waals surface area contributed by atoms with E-state index in [1.807, 2.05) is 13.8 Å². The summed E-state index contributed by atoms with van der Waals surface area (Å²) in [4.78, 5) is 16.2. The first-order chi connectivity index (χ1) is 11.8. The van der Waals surface area contributed by atoms with Gasteiger partial charge in [0.1, 0.15) is 0 Å². The van der Waals surface area contributed by atoms with Gasteiger partial charge in [0, 0.05) is 38.1 Å². The smallest absolute Gasteiger partial charge is 0.341 e. The first-order valence-electron chi connectivity index (χ1n) is 9.63. The van der Waals surface area contributed by atoms with Gasteiger partial charge in [0.15, 0.2) is 0 Å². The molecule has 2 aliphatic heterocycles. The van der Waals surface area contributed by atoms with Crippen LogP contribution < -0.4 is 5.32 Å². The first-order valence-corrected chi connectivity index (χ1v) is 9.63. The minimum absolute atomic E-state index is 0.109. The normalized spacial score (nSPS) is 26.2. The minimum atomic E-state index is -4.22. The molecule has 2 unspecified atom stereocenters. The van der Waals surface area contributed by atoms with Crippen LogP contribution in [0.1, 0.15) is 52.4 Å². The number of hydrogen-bond acceptors (Lipinski definition) is 3. The quantitative estimate of drug-likeness (QED) is 0.684. The van der Waals surface area contributed by atoms with Crippen LogP contribution in [-0.4, -0.2) is 66.7 Å². The first kappa shape index (κ1) is 20.5. The van der Waals surface area contributed by atoms with Gasteiger partial charge in [0.25, 0.3) is 0 Å². The number of fused-ring (bicyclic) bond motifs is 2. The van der Waals surface area contributed by atoms with E-state index in [1.165, 1.54) is 4.90 Å². The van der Waals surface area contributed by atoms with Crippen LogP contribution in [0.2, 0.25) is 0 Å². The molecule has 2 heterocycles. The largest absolute Gasteiger partial charge is 0.390 e. The van der Waals surface area contributed by atoms with Crippen molar-refractivity contribution in [2.24, 2.45) is 5.92 Å². The molecule has 0 aromatic heterocycles. The fraction of sp³-hybridized carbons (Fsp3) is 0.944. The summed E-state index contributed by atoms with van der Waals surface area (Å²) in [5.41, 5.74) is 0. The zero-order valence-electron chi connectivity index (χ0n) is 15.4. The summed E-state index contributed by atoms with van der Waals surface area (Å²) in [7, 11) is 0.